The monoisotopic (exact) mass is 300 g/mol. The van der Waals surface area contributed by atoms with E-state index in [0.717, 1.165) is 9.79 Å². The van der Waals surface area contributed by atoms with Crippen molar-refractivity contribution < 1.29 is 4.79 Å². The van der Waals surface area contributed by atoms with Gasteiger partial charge in [0.05, 0.1) is 5.56 Å². The fourth-order valence-electron chi connectivity index (χ4n) is 2.07. The van der Waals surface area contributed by atoms with E-state index in [4.69, 9.17) is 5.73 Å². The first-order chi connectivity index (χ1) is 9.88. The van der Waals surface area contributed by atoms with Crippen LogP contribution >= 0.6 is 11.8 Å². The van der Waals surface area contributed by atoms with E-state index in [1.807, 2.05) is 6.07 Å². The maximum Gasteiger partial charge on any atom is 0.254 e. The van der Waals surface area contributed by atoms with Gasteiger partial charge in [0.25, 0.3) is 5.91 Å². The highest BCUT2D eigenvalue weighted by molar-refractivity contribution is 7.99. The van der Waals surface area contributed by atoms with Crippen molar-refractivity contribution in [3.05, 3.63) is 53.1 Å². The third kappa shape index (κ3) is 3.58. The van der Waals surface area contributed by atoms with Gasteiger partial charge in [0.2, 0.25) is 0 Å². The molecule has 0 fully saturated rings. The molecule has 110 valence electrons. The van der Waals surface area contributed by atoms with E-state index in [-0.39, 0.29) is 5.91 Å². The molecule has 0 aromatic heterocycles. The van der Waals surface area contributed by atoms with Gasteiger partial charge in [-0.15, -0.1) is 0 Å². The van der Waals surface area contributed by atoms with Crippen molar-refractivity contribution in [2.75, 3.05) is 19.8 Å². The molecule has 4 heteroatoms. The maximum absolute atomic E-state index is 12.3. The molecular weight excluding hydrogens is 280 g/mol. The molecule has 3 nitrogen and oxygen atoms in total. The summed E-state index contributed by atoms with van der Waals surface area (Å²) >= 11 is 1.58. The van der Waals surface area contributed by atoms with Crippen molar-refractivity contribution in [1.29, 1.82) is 0 Å². The minimum atomic E-state index is -0.0118. The van der Waals surface area contributed by atoms with Gasteiger partial charge in [0.15, 0.2) is 0 Å². The number of anilines is 1. The average molecular weight is 300 g/mol. The fourth-order valence-corrected chi connectivity index (χ4v) is 3.13. The number of carbonyl (C=O) groups is 1. The summed E-state index contributed by atoms with van der Waals surface area (Å²) < 4.78 is 0. The minimum Gasteiger partial charge on any atom is -0.399 e. The number of nitrogens with zero attached hydrogens (tertiary/aromatic N) is 1. The first kappa shape index (κ1) is 15.4. The molecule has 1 amide bonds. The summed E-state index contributed by atoms with van der Waals surface area (Å²) in [5.41, 5.74) is 9.66. The molecule has 0 saturated heterocycles. The highest BCUT2D eigenvalue weighted by Crippen LogP contribution is 2.34. The molecule has 0 aliphatic carbocycles. The van der Waals surface area contributed by atoms with E-state index >= 15 is 0 Å². The van der Waals surface area contributed by atoms with Crippen LogP contribution in [0, 0.1) is 13.8 Å². The van der Waals surface area contributed by atoms with Gasteiger partial charge >= 0.3 is 0 Å². The van der Waals surface area contributed by atoms with Crippen LogP contribution < -0.4 is 5.73 Å². The molecule has 0 heterocycles. The summed E-state index contributed by atoms with van der Waals surface area (Å²) in [7, 11) is 3.51. The van der Waals surface area contributed by atoms with Crippen LogP contribution in [0.1, 0.15) is 21.5 Å². The largest absolute Gasteiger partial charge is 0.399 e. The van der Waals surface area contributed by atoms with E-state index in [2.05, 4.69) is 32.0 Å². The molecule has 0 aliphatic heterocycles. The molecule has 2 aromatic rings. The maximum atomic E-state index is 12.3. The van der Waals surface area contributed by atoms with Gasteiger partial charge in [-0.2, -0.15) is 0 Å². The Morgan fingerprint density at radius 2 is 1.76 bits per heavy atom. The van der Waals surface area contributed by atoms with Crippen LogP contribution in [0.15, 0.2) is 46.2 Å². The second kappa shape index (κ2) is 6.22. The van der Waals surface area contributed by atoms with Crippen LogP contribution in [0.2, 0.25) is 0 Å². The van der Waals surface area contributed by atoms with Crippen LogP contribution in [0.5, 0.6) is 0 Å². The van der Waals surface area contributed by atoms with Crippen LogP contribution in [0.25, 0.3) is 0 Å². The zero-order valence-corrected chi connectivity index (χ0v) is 13.6. The standard InChI is InChI=1S/C17H20N2OS/c1-11-5-8-15(12(2)9-11)21-16-10-13(18)6-7-14(16)17(20)19(3)4/h5-10H,18H2,1-4H3. The normalized spacial score (nSPS) is 10.5. The summed E-state index contributed by atoms with van der Waals surface area (Å²) in [6.07, 6.45) is 0. The van der Waals surface area contributed by atoms with E-state index in [1.165, 1.54) is 11.1 Å². The van der Waals surface area contributed by atoms with Crippen LogP contribution in [-0.2, 0) is 0 Å². The molecule has 0 aliphatic rings. The predicted octanol–water partition coefficient (Wildman–Crippen LogP) is 3.74. The van der Waals surface area contributed by atoms with Crippen molar-refractivity contribution in [2.45, 2.75) is 23.6 Å². The average Bonchev–Trinajstić information content (AvgIpc) is 2.41. The third-order valence-electron chi connectivity index (χ3n) is 3.19. The number of hydrogen-bond donors (Lipinski definition) is 1. The number of carbonyl (C=O) groups excluding carboxylic acids is 1. The smallest absolute Gasteiger partial charge is 0.254 e. The Kier molecular flexibility index (Phi) is 4.58. The van der Waals surface area contributed by atoms with E-state index in [0.29, 0.717) is 11.3 Å². The van der Waals surface area contributed by atoms with Crippen molar-refractivity contribution in [3.63, 3.8) is 0 Å². The van der Waals surface area contributed by atoms with Crippen molar-refractivity contribution >= 4 is 23.4 Å². The quantitative estimate of drug-likeness (QED) is 0.878. The molecule has 0 spiro atoms. The molecule has 2 N–H and O–H groups in total. The van der Waals surface area contributed by atoms with E-state index in [9.17, 15) is 4.79 Å². The Hall–Kier alpha value is -1.94. The second-order valence-electron chi connectivity index (χ2n) is 5.33. The molecule has 0 saturated carbocycles. The number of nitrogen functional groups attached to an aromatic ring is 1. The Morgan fingerprint density at radius 3 is 2.38 bits per heavy atom. The molecular formula is C17H20N2OS. The fraction of sp³-hybridized carbons (Fsp3) is 0.235. The predicted molar refractivity (Wildman–Crippen MR) is 88.9 cm³/mol. The Morgan fingerprint density at radius 1 is 1.05 bits per heavy atom. The Labute approximate surface area is 130 Å². The highest BCUT2D eigenvalue weighted by Gasteiger charge is 2.15. The molecule has 2 aromatic carbocycles. The molecule has 0 bridgehead atoms. The highest BCUT2D eigenvalue weighted by atomic mass is 32.2. The number of amides is 1. The summed E-state index contributed by atoms with van der Waals surface area (Å²) in [6.45, 7) is 4.15. The molecule has 2 rings (SSSR count). The lowest BCUT2D eigenvalue weighted by Gasteiger charge is -2.15. The molecule has 0 atom stereocenters. The summed E-state index contributed by atoms with van der Waals surface area (Å²) in [4.78, 5) is 15.9. The van der Waals surface area contributed by atoms with Gasteiger partial charge in [-0.3, -0.25) is 4.79 Å². The van der Waals surface area contributed by atoms with Gasteiger partial charge in [-0.1, -0.05) is 29.5 Å². The molecule has 0 unspecified atom stereocenters. The van der Waals surface area contributed by atoms with E-state index < -0.39 is 0 Å². The first-order valence-corrected chi connectivity index (χ1v) is 7.56. The molecule has 21 heavy (non-hydrogen) atoms. The van der Waals surface area contributed by atoms with Crippen molar-refractivity contribution in [1.82, 2.24) is 4.90 Å². The zero-order valence-electron chi connectivity index (χ0n) is 12.8. The van der Waals surface area contributed by atoms with Gasteiger partial charge in [0.1, 0.15) is 0 Å². The van der Waals surface area contributed by atoms with Crippen LogP contribution in [-0.4, -0.2) is 24.9 Å². The Bertz CT molecular complexity index is 680. The topological polar surface area (TPSA) is 46.3 Å². The lowest BCUT2D eigenvalue weighted by Crippen LogP contribution is -2.22. The van der Waals surface area contributed by atoms with Crippen LogP contribution in [0.3, 0.4) is 0 Å². The summed E-state index contributed by atoms with van der Waals surface area (Å²) in [5, 5.41) is 0. The summed E-state index contributed by atoms with van der Waals surface area (Å²) in [6, 6.07) is 11.7. The number of hydrogen-bond acceptors (Lipinski definition) is 3. The Balaban J connectivity index is 2.43. The number of rotatable bonds is 3. The lowest BCUT2D eigenvalue weighted by atomic mass is 10.2. The van der Waals surface area contributed by atoms with E-state index in [1.54, 1.807) is 42.9 Å². The zero-order chi connectivity index (χ0) is 15.6. The van der Waals surface area contributed by atoms with Crippen molar-refractivity contribution in [2.24, 2.45) is 0 Å². The second-order valence-corrected chi connectivity index (χ2v) is 6.41. The van der Waals surface area contributed by atoms with Gasteiger partial charge in [-0.25, -0.2) is 0 Å². The van der Waals surface area contributed by atoms with Crippen molar-refractivity contribution in [3.8, 4) is 0 Å². The molecule has 0 radical (unpaired) electrons. The first-order valence-electron chi connectivity index (χ1n) is 6.75. The third-order valence-corrected chi connectivity index (χ3v) is 4.43. The van der Waals surface area contributed by atoms with Gasteiger partial charge in [0, 0.05) is 29.6 Å². The number of nitrogens with two attached hydrogens (primary N) is 1. The minimum absolute atomic E-state index is 0.0118. The lowest BCUT2D eigenvalue weighted by molar-refractivity contribution is 0.0824. The van der Waals surface area contributed by atoms with Gasteiger partial charge in [-0.05, 0) is 43.7 Å². The van der Waals surface area contributed by atoms with Crippen LogP contribution in [0.4, 0.5) is 5.69 Å². The van der Waals surface area contributed by atoms with Gasteiger partial charge < -0.3 is 10.6 Å². The number of benzene rings is 2. The SMILES string of the molecule is Cc1ccc(Sc2cc(N)ccc2C(=O)N(C)C)c(C)c1. The summed E-state index contributed by atoms with van der Waals surface area (Å²) in [5.74, 6) is -0.0118. The number of aryl methyl sites for hydroxylation is 2.